The Bertz CT molecular complexity index is 522. The van der Waals surface area contributed by atoms with Crippen LogP contribution in [0.25, 0.3) is 6.08 Å². The maximum absolute atomic E-state index is 11.4. The zero-order chi connectivity index (χ0) is 15.0. The fourth-order valence-electron chi connectivity index (χ4n) is 1.56. The number of carbonyl (C=O) groups is 1. The molecule has 0 aliphatic heterocycles. The predicted octanol–water partition coefficient (Wildman–Crippen LogP) is 1.37. The van der Waals surface area contributed by atoms with E-state index in [1.807, 2.05) is 6.07 Å². The minimum Gasteiger partial charge on any atom is -0.493 e. The van der Waals surface area contributed by atoms with Crippen molar-refractivity contribution in [3.05, 3.63) is 23.8 Å². The third kappa shape index (κ3) is 3.92. The first-order chi connectivity index (χ1) is 9.65. The van der Waals surface area contributed by atoms with E-state index < -0.39 is 0 Å². The first-order valence-corrected chi connectivity index (χ1v) is 5.79. The second-order valence-electron chi connectivity index (χ2n) is 3.67. The van der Waals surface area contributed by atoms with Gasteiger partial charge in [0.1, 0.15) is 6.54 Å². The van der Waals surface area contributed by atoms with E-state index in [0.717, 1.165) is 0 Å². The summed E-state index contributed by atoms with van der Waals surface area (Å²) in [6.45, 7) is -0.0293. The largest absolute Gasteiger partial charge is 0.493 e. The second kappa shape index (κ2) is 7.69. The van der Waals surface area contributed by atoms with Gasteiger partial charge in [0.2, 0.25) is 11.7 Å². The van der Waals surface area contributed by atoms with Crippen molar-refractivity contribution in [2.24, 2.45) is 0 Å². The number of ether oxygens (including phenoxy) is 3. The lowest BCUT2D eigenvalue weighted by molar-refractivity contribution is -0.116. The van der Waals surface area contributed by atoms with E-state index in [-0.39, 0.29) is 12.5 Å². The second-order valence-corrected chi connectivity index (χ2v) is 3.67. The molecule has 0 atom stereocenters. The highest BCUT2D eigenvalue weighted by Gasteiger charge is 2.12. The van der Waals surface area contributed by atoms with Gasteiger partial charge < -0.3 is 19.5 Å². The number of nitrogens with zero attached hydrogens (tertiary/aromatic N) is 1. The van der Waals surface area contributed by atoms with Crippen LogP contribution in [0.3, 0.4) is 0 Å². The zero-order valence-electron chi connectivity index (χ0n) is 11.6. The molecule has 1 amide bonds. The number of carbonyl (C=O) groups excluding carboxylic acids is 1. The van der Waals surface area contributed by atoms with Crippen molar-refractivity contribution in [3.63, 3.8) is 0 Å². The van der Waals surface area contributed by atoms with Gasteiger partial charge in [-0.25, -0.2) is 0 Å². The molecule has 0 heterocycles. The lowest BCUT2D eigenvalue weighted by atomic mass is 10.1. The molecule has 0 unspecified atom stereocenters. The molecule has 0 aliphatic carbocycles. The molecule has 0 fully saturated rings. The van der Waals surface area contributed by atoms with Crippen LogP contribution in [0.4, 0.5) is 0 Å². The molecule has 6 heteroatoms. The molecule has 0 aliphatic rings. The highest BCUT2D eigenvalue weighted by atomic mass is 16.5. The van der Waals surface area contributed by atoms with Crippen LogP contribution in [-0.4, -0.2) is 33.8 Å². The molecule has 0 saturated carbocycles. The number of amides is 1. The van der Waals surface area contributed by atoms with Crippen LogP contribution in [0.1, 0.15) is 5.56 Å². The quantitative estimate of drug-likeness (QED) is 0.627. The van der Waals surface area contributed by atoms with Gasteiger partial charge in [0.15, 0.2) is 11.5 Å². The Morgan fingerprint density at radius 1 is 1.25 bits per heavy atom. The Balaban J connectivity index is 2.99. The highest BCUT2D eigenvalue weighted by Crippen LogP contribution is 2.38. The summed E-state index contributed by atoms with van der Waals surface area (Å²) >= 11 is 0. The summed E-state index contributed by atoms with van der Waals surface area (Å²) in [7, 11) is 4.56. The van der Waals surface area contributed by atoms with Crippen molar-refractivity contribution in [2.75, 3.05) is 27.9 Å². The molecule has 0 aromatic heterocycles. The molecule has 1 aromatic rings. The van der Waals surface area contributed by atoms with E-state index in [2.05, 4.69) is 5.32 Å². The van der Waals surface area contributed by atoms with Crippen LogP contribution in [0.5, 0.6) is 17.2 Å². The summed E-state index contributed by atoms with van der Waals surface area (Å²) in [4.78, 5) is 11.4. The molecule has 0 bridgehead atoms. The summed E-state index contributed by atoms with van der Waals surface area (Å²) in [5.74, 6) is 1.15. The van der Waals surface area contributed by atoms with Crippen LogP contribution in [-0.2, 0) is 4.79 Å². The fraction of sp³-hybridized carbons (Fsp3) is 0.286. The zero-order valence-corrected chi connectivity index (χ0v) is 11.6. The Morgan fingerprint density at radius 3 is 2.30 bits per heavy atom. The number of hydrogen-bond donors (Lipinski definition) is 1. The van der Waals surface area contributed by atoms with E-state index in [1.165, 1.54) is 27.4 Å². The maximum Gasteiger partial charge on any atom is 0.244 e. The topological polar surface area (TPSA) is 80.6 Å². The maximum atomic E-state index is 11.4. The number of nitrogens with one attached hydrogen (secondary N) is 1. The summed E-state index contributed by atoms with van der Waals surface area (Å²) in [6.07, 6.45) is 2.93. The van der Waals surface area contributed by atoms with Crippen LogP contribution in [0, 0.1) is 11.3 Å². The van der Waals surface area contributed by atoms with Gasteiger partial charge in [0.05, 0.1) is 27.4 Å². The van der Waals surface area contributed by atoms with Crippen molar-refractivity contribution in [3.8, 4) is 23.3 Å². The molecule has 0 radical (unpaired) electrons. The van der Waals surface area contributed by atoms with Gasteiger partial charge in [-0.2, -0.15) is 5.26 Å². The Morgan fingerprint density at radius 2 is 1.85 bits per heavy atom. The van der Waals surface area contributed by atoms with E-state index in [9.17, 15) is 4.79 Å². The van der Waals surface area contributed by atoms with Gasteiger partial charge in [0, 0.05) is 6.08 Å². The average Bonchev–Trinajstić information content (AvgIpc) is 2.49. The molecular formula is C14H16N2O4. The van der Waals surface area contributed by atoms with Gasteiger partial charge in [-0.1, -0.05) is 0 Å². The molecule has 6 nitrogen and oxygen atoms in total. The van der Waals surface area contributed by atoms with E-state index >= 15 is 0 Å². The number of rotatable bonds is 6. The summed E-state index contributed by atoms with van der Waals surface area (Å²) < 4.78 is 15.6. The first-order valence-electron chi connectivity index (χ1n) is 5.79. The normalized spacial score (nSPS) is 9.90. The molecule has 20 heavy (non-hydrogen) atoms. The van der Waals surface area contributed by atoms with Crippen molar-refractivity contribution in [2.45, 2.75) is 0 Å². The molecular weight excluding hydrogens is 260 g/mol. The van der Waals surface area contributed by atoms with Gasteiger partial charge in [-0.3, -0.25) is 4.79 Å². The minimum atomic E-state index is -0.347. The number of nitriles is 1. The van der Waals surface area contributed by atoms with Gasteiger partial charge in [-0.05, 0) is 23.8 Å². The van der Waals surface area contributed by atoms with Crippen molar-refractivity contribution in [1.29, 1.82) is 5.26 Å². The van der Waals surface area contributed by atoms with Crippen molar-refractivity contribution in [1.82, 2.24) is 5.32 Å². The van der Waals surface area contributed by atoms with Crippen molar-refractivity contribution < 1.29 is 19.0 Å². The van der Waals surface area contributed by atoms with Crippen LogP contribution in [0.2, 0.25) is 0 Å². The van der Waals surface area contributed by atoms with Gasteiger partial charge in [-0.15, -0.1) is 0 Å². The molecule has 1 N–H and O–H groups in total. The smallest absolute Gasteiger partial charge is 0.244 e. The first kappa shape index (κ1) is 15.4. The molecule has 0 spiro atoms. The summed E-state index contributed by atoms with van der Waals surface area (Å²) in [5, 5.41) is 10.8. The van der Waals surface area contributed by atoms with E-state index in [1.54, 1.807) is 18.2 Å². The summed E-state index contributed by atoms with van der Waals surface area (Å²) in [5.41, 5.74) is 0.714. The third-order valence-electron chi connectivity index (χ3n) is 2.46. The Kier molecular flexibility index (Phi) is 5.91. The van der Waals surface area contributed by atoms with Gasteiger partial charge >= 0.3 is 0 Å². The highest BCUT2D eigenvalue weighted by molar-refractivity contribution is 5.92. The van der Waals surface area contributed by atoms with Crippen LogP contribution in [0.15, 0.2) is 18.2 Å². The molecule has 0 saturated heterocycles. The number of hydrogen-bond acceptors (Lipinski definition) is 5. The monoisotopic (exact) mass is 276 g/mol. The fourth-order valence-corrected chi connectivity index (χ4v) is 1.56. The number of benzene rings is 1. The minimum absolute atomic E-state index is 0.0293. The Labute approximate surface area is 117 Å². The van der Waals surface area contributed by atoms with Crippen LogP contribution < -0.4 is 19.5 Å². The van der Waals surface area contributed by atoms with Crippen LogP contribution >= 0.6 is 0 Å². The van der Waals surface area contributed by atoms with Crippen molar-refractivity contribution >= 4 is 12.0 Å². The molecule has 1 aromatic carbocycles. The van der Waals surface area contributed by atoms with E-state index in [0.29, 0.717) is 22.8 Å². The average molecular weight is 276 g/mol. The SMILES string of the molecule is COc1cc(C=CC(=O)NCC#N)cc(OC)c1OC. The number of methoxy groups -OCH3 is 3. The standard InChI is InChI=1S/C14H16N2O4/c1-18-11-8-10(4-5-13(17)16-7-6-15)9-12(19-2)14(11)20-3/h4-5,8-9H,7H2,1-3H3,(H,16,17). The van der Waals surface area contributed by atoms with Gasteiger partial charge in [0.25, 0.3) is 0 Å². The third-order valence-corrected chi connectivity index (χ3v) is 2.46. The molecule has 106 valence electrons. The Hall–Kier alpha value is -2.68. The summed E-state index contributed by atoms with van der Waals surface area (Å²) in [6, 6.07) is 5.26. The van der Waals surface area contributed by atoms with E-state index in [4.69, 9.17) is 19.5 Å². The predicted molar refractivity (Wildman–Crippen MR) is 73.8 cm³/mol. The lowest BCUT2D eigenvalue weighted by Crippen LogP contribution is -2.20. The lowest BCUT2D eigenvalue weighted by Gasteiger charge is -2.12. The molecule has 1 rings (SSSR count).